The summed E-state index contributed by atoms with van der Waals surface area (Å²) in [5, 5.41) is 0.862. The van der Waals surface area contributed by atoms with Crippen molar-refractivity contribution in [3.8, 4) is 0 Å². The van der Waals surface area contributed by atoms with Crippen LogP contribution >= 0.6 is 23.2 Å². The number of benzene rings is 1. The number of rotatable bonds is 2. The Labute approximate surface area is 104 Å². The zero-order chi connectivity index (χ0) is 11.7. The van der Waals surface area contributed by atoms with E-state index in [1.807, 2.05) is 0 Å². The summed E-state index contributed by atoms with van der Waals surface area (Å²) in [5.41, 5.74) is 0.464. The number of halogens is 2. The number of carbonyl (C=O) groups excluding carboxylic acids is 2. The molecule has 84 valence electrons. The molecule has 0 radical (unpaired) electrons. The highest BCUT2D eigenvalue weighted by Crippen LogP contribution is 2.29. The molecule has 0 aromatic heterocycles. The van der Waals surface area contributed by atoms with Gasteiger partial charge in [-0.15, -0.1) is 0 Å². The van der Waals surface area contributed by atoms with Gasteiger partial charge in [0.15, 0.2) is 5.78 Å². The number of hydrogen-bond donors (Lipinski definition) is 0. The predicted molar refractivity (Wildman–Crippen MR) is 63.1 cm³/mol. The van der Waals surface area contributed by atoms with Crippen molar-refractivity contribution in [3.63, 3.8) is 0 Å². The average Bonchev–Trinajstić information content (AvgIpc) is 2.64. The van der Waals surface area contributed by atoms with Gasteiger partial charge in [0.2, 0.25) is 0 Å². The maximum atomic E-state index is 12.0. The van der Waals surface area contributed by atoms with E-state index in [4.69, 9.17) is 23.2 Å². The molecule has 0 heterocycles. The van der Waals surface area contributed by atoms with Crippen LogP contribution in [0.25, 0.3) is 0 Å². The molecule has 1 aliphatic carbocycles. The Bertz CT molecular complexity index is 454. The van der Waals surface area contributed by atoms with Crippen LogP contribution in [0.5, 0.6) is 0 Å². The van der Waals surface area contributed by atoms with Gasteiger partial charge >= 0.3 is 0 Å². The van der Waals surface area contributed by atoms with Gasteiger partial charge < -0.3 is 0 Å². The SMILES string of the molecule is O=C1CCC(C(=O)c2ccc(Cl)cc2Cl)C1. The fourth-order valence-electron chi connectivity index (χ4n) is 1.95. The molecule has 16 heavy (non-hydrogen) atoms. The zero-order valence-electron chi connectivity index (χ0n) is 8.50. The molecule has 1 aliphatic rings. The smallest absolute Gasteiger partial charge is 0.167 e. The summed E-state index contributed by atoms with van der Waals surface area (Å²) < 4.78 is 0. The summed E-state index contributed by atoms with van der Waals surface area (Å²) >= 11 is 11.7. The van der Waals surface area contributed by atoms with Crippen LogP contribution in [0.4, 0.5) is 0 Å². The number of Topliss-reactive ketones (excluding diaryl/α,β-unsaturated/α-hetero) is 2. The quantitative estimate of drug-likeness (QED) is 0.759. The van der Waals surface area contributed by atoms with E-state index >= 15 is 0 Å². The highest BCUT2D eigenvalue weighted by Gasteiger charge is 2.29. The second-order valence-electron chi connectivity index (χ2n) is 3.97. The first-order valence-corrected chi connectivity index (χ1v) is 5.84. The maximum Gasteiger partial charge on any atom is 0.167 e. The van der Waals surface area contributed by atoms with Crippen LogP contribution in [-0.2, 0) is 4.79 Å². The summed E-state index contributed by atoms with van der Waals surface area (Å²) in [6.45, 7) is 0. The van der Waals surface area contributed by atoms with Crippen LogP contribution in [0.2, 0.25) is 10.0 Å². The monoisotopic (exact) mass is 256 g/mol. The fraction of sp³-hybridized carbons (Fsp3) is 0.333. The Kier molecular flexibility index (Phi) is 3.31. The van der Waals surface area contributed by atoms with E-state index < -0.39 is 0 Å². The lowest BCUT2D eigenvalue weighted by Crippen LogP contribution is -2.12. The Morgan fingerprint density at radius 2 is 2.06 bits per heavy atom. The van der Waals surface area contributed by atoms with E-state index in [0.717, 1.165) is 0 Å². The van der Waals surface area contributed by atoms with Crippen molar-refractivity contribution in [2.45, 2.75) is 19.3 Å². The Hall–Kier alpha value is -0.860. The average molecular weight is 257 g/mol. The van der Waals surface area contributed by atoms with Gasteiger partial charge in [-0.1, -0.05) is 23.2 Å². The van der Waals surface area contributed by atoms with Crippen molar-refractivity contribution in [2.75, 3.05) is 0 Å². The molecule has 0 aliphatic heterocycles. The van der Waals surface area contributed by atoms with Gasteiger partial charge in [0.05, 0.1) is 5.02 Å². The minimum absolute atomic E-state index is 0.0486. The lowest BCUT2D eigenvalue weighted by molar-refractivity contribution is -0.117. The van der Waals surface area contributed by atoms with Crippen LogP contribution in [0, 0.1) is 5.92 Å². The minimum Gasteiger partial charge on any atom is -0.300 e. The fourth-order valence-corrected chi connectivity index (χ4v) is 2.45. The molecular formula is C12H10Cl2O2. The topological polar surface area (TPSA) is 34.1 Å². The maximum absolute atomic E-state index is 12.0. The van der Waals surface area contributed by atoms with Crippen LogP contribution < -0.4 is 0 Å². The number of ketones is 2. The van der Waals surface area contributed by atoms with Crippen LogP contribution in [-0.4, -0.2) is 11.6 Å². The van der Waals surface area contributed by atoms with Crippen molar-refractivity contribution >= 4 is 34.8 Å². The molecule has 2 nitrogen and oxygen atoms in total. The van der Waals surface area contributed by atoms with E-state index in [1.54, 1.807) is 18.2 Å². The molecule has 1 aromatic rings. The second kappa shape index (κ2) is 4.56. The molecule has 1 fully saturated rings. The van der Waals surface area contributed by atoms with E-state index in [1.165, 1.54) is 0 Å². The molecule has 1 unspecified atom stereocenters. The Balaban J connectivity index is 2.24. The van der Waals surface area contributed by atoms with Gasteiger partial charge in [-0.05, 0) is 24.6 Å². The van der Waals surface area contributed by atoms with Gasteiger partial charge in [-0.3, -0.25) is 9.59 Å². The second-order valence-corrected chi connectivity index (χ2v) is 4.81. The van der Waals surface area contributed by atoms with Crippen LogP contribution in [0.1, 0.15) is 29.6 Å². The third kappa shape index (κ3) is 2.28. The van der Waals surface area contributed by atoms with E-state index in [9.17, 15) is 9.59 Å². The molecular weight excluding hydrogens is 247 g/mol. The first-order chi connectivity index (χ1) is 7.58. The van der Waals surface area contributed by atoms with Gasteiger partial charge in [0.25, 0.3) is 0 Å². The Morgan fingerprint density at radius 1 is 1.31 bits per heavy atom. The lowest BCUT2D eigenvalue weighted by atomic mass is 9.96. The predicted octanol–water partition coefficient (Wildman–Crippen LogP) is 3.55. The Morgan fingerprint density at radius 3 is 2.62 bits per heavy atom. The lowest BCUT2D eigenvalue weighted by Gasteiger charge is -2.08. The molecule has 1 saturated carbocycles. The molecule has 4 heteroatoms. The first kappa shape index (κ1) is 11.6. The van der Waals surface area contributed by atoms with Gasteiger partial charge in [-0.2, -0.15) is 0 Å². The molecule has 1 aromatic carbocycles. The van der Waals surface area contributed by atoms with E-state index in [-0.39, 0.29) is 17.5 Å². The molecule has 0 spiro atoms. The standard InChI is InChI=1S/C12H10Cl2O2/c13-8-2-4-10(11(14)6-8)12(16)7-1-3-9(15)5-7/h2,4,6-7H,1,3,5H2. The molecule has 0 saturated heterocycles. The third-order valence-corrected chi connectivity index (χ3v) is 3.36. The van der Waals surface area contributed by atoms with E-state index in [0.29, 0.717) is 34.9 Å². The minimum atomic E-state index is -0.203. The highest BCUT2D eigenvalue weighted by atomic mass is 35.5. The van der Waals surface area contributed by atoms with Crippen LogP contribution in [0.15, 0.2) is 18.2 Å². The molecule has 1 atom stereocenters. The van der Waals surface area contributed by atoms with Crippen molar-refractivity contribution in [1.29, 1.82) is 0 Å². The van der Waals surface area contributed by atoms with Crippen molar-refractivity contribution in [2.24, 2.45) is 5.92 Å². The van der Waals surface area contributed by atoms with Crippen LogP contribution in [0.3, 0.4) is 0 Å². The largest absolute Gasteiger partial charge is 0.300 e. The zero-order valence-corrected chi connectivity index (χ0v) is 10.0. The van der Waals surface area contributed by atoms with Gasteiger partial charge in [0.1, 0.15) is 5.78 Å². The summed E-state index contributed by atoms with van der Waals surface area (Å²) in [5.74, 6) is -0.0953. The van der Waals surface area contributed by atoms with Crippen molar-refractivity contribution < 1.29 is 9.59 Å². The van der Waals surface area contributed by atoms with E-state index in [2.05, 4.69) is 0 Å². The van der Waals surface area contributed by atoms with Gasteiger partial charge in [0, 0.05) is 29.3 Å². The third-order valence-electron chi connectivity index (χ3n) is 2.81. The van der Waals surface area contributed by atoms with Crippen molar-refractivity contribution in [1.82, 2.24) is 0 Å². The first-order valence-electron chi connectivity index (χ1n) is 5.09. The molecule has 0 N–H and O–H groups in total. The van der Waals surface area contributed by atoms with Gasteiger partial charge in [-0.25, -0.2) is 0 Å². The molecule has 0 amide bonds. The number of carbonyl (C=O) groups is 2. The summed E-state index contributed by atoms with van der Waals surface area (Å²) in [6, 6.07) is 4.81. The number of hydrogen-bond acceptors (Lipinski definition) is 2. The summed E-state index contributed by atoms with van der Waals surface area (Å²) in [4.78, 5) is 23.2. The summed E-state index contributed by atoms with van der Waals surface area (Å²) in [6.07, 6.45) is 1.48. The normalized spacial score (nSPS) is 20.1. The molecule has 2 rings (SSSR count). The highest BCUT2D eigenvalue weighted by molar-refractivity contribution is 6.37. The van der Waals surface area contributed by atoms with Crippen molar-refractivity contribution in [3.05, 3.63) is 33.8 Å². The molecule has 0 bridgehead atoms. The summed E-state index contributed by atoms with van der Waals surface area (Å²) in [7, 11) is 0.